The lowest BCUT2D eigenvalue weighted by molar-refractivity contribution is 1.22. The molecule has 1 heterocycles. The number of nitrogens with zero attached hydrogens (tertiary/aromatic N) is 2. The van der Waals surface area contributed by atoms with Gasteiger partial charge in [-0.2, -0.15) is 5.26 Å². The Morgan fingerprint density at radius 1 is 1.25 bits per heavy atom. The van der Waals surface area contributed by atoms with Gasteiger partial charge in [-0.15, -0.1) is 0 Å². The summed E-state index contributed by atoms with van der Waals surface area (Å²) in [4.78, 5) is 4.31. The van der Waals surface area contributed by atoms with E-state index >= 15 is 0 Å². The molecule has 0 spiro atoms. The number of nitriles is 1. The molecule has 1 aliphatic rings. The lowest BCUT2D eigenvalue weighted by atomic mass is 10.1. The Hall–Kier alpha value is -1.85. The van der Waals surface area contributed by atoms with Gasteiger partial charge in [0.05, 0.1) is 11.3 Å². The second kappa shape index (κ2) is 3.33. The highest BCUT2D eigenvalue weighted by molar-refractivity contribution is 6.30. The molecule has 0 N–H and O–H groups in total. The molecule has 0 bridgehead atoms. The van der Waals surface area contributed by atoms with E-state index in [-0.39, 0.29) is 5.15 Å². The third-order valence-corrected chi connectivity index (χ3v) is 3.12. The maximum Gasteiger partial charge on any atom is 0.147 e. The molecule has 0 radical (unpaired) electrons. The molecule has 0 unspecified atom stereocenters. The molecule has 0 amide bonds. The molecule has 1 aromatic carbocycles. The lowest BCUT2D eigenvalue weighted by Gasteiger charge is -2.01. The quantitative estimate of drug-likeness (QED) is 0.552. The lowest BCUT2D eigenvalue weighted by Crippen LogP contribution is -1.89. The van der Waals surface area contributed by atoms with Crippen molar-refractivity contribution >= 4 is 11.6 Å². The zero-order chi connectivity index (χ0) is 11.1. The van der Waals surface area contributed by atoms with Gasteiger partial charge in [0.1, 0.15) is 11.2 Å². The van der Waals surface area contributed by atoms with E-state index < -0.39 is 0 Å². The van der Waals surface area contributed by atoms with Gasteiger partial charge < -0.3 is 0 Å². The summed E-state index contributed by atoms with van der Waals surface area (Å²) in [6.07, 6.45) is 0.838. The maximum atomic E-state index is 8.89. The number of aromatic nitrogens is 1. The van der Waals surface area contributed by atoms with Crippen molar-refractivity contribution in [3.63, 3.8) is 0 Å². The highest BCUT2D eigenvalue weighted by Crippen LogP contribution is 2.36. The smallest absolute Gasteiger partial charge is 0.147 e. The van der Waals surface area contributed by atoms with Crippen LogP contribution in [0.15, 0.2) is 30.3 Å². The van der Waals surface area contributed by atoms with E-state index in [0.29, 0.717) is 5.56 Å². The summed E-state index contributed by atoms with van der Waals surface area (Å²) >= 11 is 5.94. The molecule has 0 aliphatic heterocycles. The van der Waals surface area contributed by atoms with E-state index in [4.69, 9.17) is 16.9 Å². The summed E-state index contributed by atoms with van der Waals surface area (Å²) in [6.45, 7) is 0. The molecule has 0 fully saturated rings. The maximum absolute atomic E-state index is 8.89. The van der Waals surface area contributed by atoms with Gasteiger partial charge in [0, 0.05) is 12.0 Å². The Labute approximate surface area is 98.1 Å². The molecule has 0 saturated heterocycles. The van der Waals surface area contributed by atoms with Crippen molar-refractivity contribution in [2.24, 2.45) is 0 Å². The minimum absolute atomic E-state index is 0.290. The van der Waals surface area contributed by atoms with Crippen LogP contribution in [0.2, 0.25) is 5.15 Å². The Kier molecular flexibility index (Phi) is 1.95. The summed E-state index contributed by atoms with van der Waals surface area (Å²) in [5.41, 5.74) is 4.83. The molecule has 3 heteroatoms. The van der Waals surface area contributed by atoms with Crippen LogP contribution in [0, 0.1) is 11.3 Å². The number of hydrogen-bond donors (Lipinski definition) is 0. The number of benzene rings is 1. The molecule has 0 saturated carbocycles. The van der Waals surface area contributed by atoms with Crippen molar-refractivity contribution < 1.29 is 0 Å². The van der Waals surface area contributed by atoms with Crippen molar-refractivity contribution in [2.45, 2.75) is 6.42 Å². The van der Waals surface area contributed by atoms with E-state index in [2.05, 4.69) is 17.1 Å². The van der Waals surface area contributed by atoms with Gasteiger partial charge in [-0.05, 0) is 17.2 Å². The first-order valence-electron chi connectivity index (χ1n) is 4.97. The number of rotatable bonds is 0. The molecule has 1 aromatic heterocycles. The molecule has 2 nitrogen and oxygen atoms in total. The van der Waals surface area contributed by atoms with E-state index in [1.807, 2.05) is 24.3 Å². The van der Waals surface area contributed by atoms with Crippen molar-refractivity contribution in [3.05, 3.63) is 52.2 Å². The Morgan fingerprint density at radius 2 is 2.06 bits per heavy atom. The average Bonchev–Trinajstić information content (AvgIpc) is 2.66. The fourth-order valence-electron chi connectivity index (χ4n) is 2.09. The molecular weight excluding hydrogens is 220 g/mol. The van der Waals surface area contributed by atoms with Crippen LogP contribution in [0.5, 0.6) is 0 Å². The predicted octanol–water partition coefficient (Wildman–Crippen LogP) is 3.18. The van der Waals surface area contributed by atoms with Crippen molar-refractivity contribution in [1.29, 1.82) is 5.26 Å². The molecule has 3 rings (SSSR count). The number of fused-ring (bicyclic) bond motifs is 3. The molecule has 16 heavy (non-hydrogen) atoms. The van der Waals surface area contributed by atoms with Crippen LogP contribution in [-0.4, -0.2) is 4.98 Å². The minimum Gasteiger partial charge on any atom is -0.234 e. The van der Waals surface area contributed by atoms with Crippen LogP contribution in [0.4, 0.5) is 0 Å². The van der Waals surface area contributed by atoms with E-state index in [0.717, 1.165) is 23.2 Å². The van der Waals surface area contributed by atoms with Crippen LogP contribution in [0.25, 0.3) is 11.3 Å². The minimum atomic E-state index is 0.290. The van der Waals surface area contributed by atoms with Gasteiger partial charge in [-0.1, -0.05) is 35.9 Å². The van der Waals surface area contributed by atoms with Gasteiger partial charge in [0.15, 0.2) is 0 Å². The van der Waals surface area contributed by atoms with Crippen LogP contribution in [0.3, 0.4) is 0 Å². The zero-order valence-corrected chi connectivity index (χ0v) is 9.12. The number of halogens is 1. The number of pyridine rings is 1. The molecular formula is C13H7ClN2. The predicted molar refractivity (Wildman–Crippen MR) is 62.2 cm³/mol. The topological polar surface area (TPSA) is 36.7 Å². The highest BCUT2D eigenvalue weighted by Gasteiger charge is 2.21. The number of hydrogen-bond acceptors (Lipinski definition) is 2. The summed E-state index contributed by atoms with van der Waals surface area (Å²) in [5.74, 6) is 0. The van der Waals surface area contributed by atoms with Crippen molar-refractivity contribution in [1.82, 2.24) is 4.98 Å². The van der Waals surface area contributed by atoms with Gasteiger partial charge in [-0.25, -0.2) is 4.98 Å². The van der Waals surface area contributed by atoms with Crippen LogP contribution in [-0.2, 0) is 6.42 Å². The van der Waals surface area contributed by atoms with Crippen LogP contribution < -0.4 is 0 Å². The Morgan fingerprint density at radius 3 is 2.88 bits per heavy atom. The summed E-state index contributed by atoms with van der Waals surface area (Å²) in [6, 6.07) is 12.0. The molecule has 0 atom stereocenters. The van der Waals surface area contributed by atoms with Crippen LogP contribution in [0.1, 0.15) is 16.7 Å². The van der Waals surface area contributed by atoms with Crippen LogP contribution >= 0.6 is 11.6 Å². The molecule has 76 valence electrons. The monoisotopic (exact) mass is 226 g/mol. The third kappa shape index (κ3) is 1.22. The van der Waals surface area contributed by atoms with Gasteiger partial charge >= 0.3 is 0 Å². The van der Waals surface area contributed by atoms with Gasteiger partial charge in [0.25, 0.3) is 0 Å². The van der Waals surface area contributed by atoms with Gasteiger partial charge in [-0.3, -0.25) is 0 Å². The summed E-state index contributed by atoms with van der Waals surface area (Å²) in [5, 5.41) is 9.18. The Bertz CT molecular complexity index is 626. The average molecular weight is 227 g/mol. The SMILES string of the molecule is N#Cc1cc2c(nc1Cl)-c1ccccc1C2. The van der Waals surface area contributed by atoms with Gasteiger partial charge in [0.2, 0.25) is 0 Å². The second-order valence-corrected chi connectivity index (χ2v) is 4.14. The Balaban J connectivity index is 2.27. The van der Waals surface area contributed by atoms with E-state index in [9.17, 15) is 0 Å². The summed E-state index contributed by atoms with van der Waals surface area (Å²) in [7, 11) is 0. The van der Waals surface area contributed by atoms with Crippen molar-refractivity contribution in [3.8, 4) is 17.3 Å². The van der Waals surface area contributed by atoms with Crippen molar-refractivity contribution in [2.75, 3.05) is 0 Å². The molecule has 1 aliphatic carbocycles. The molecule has 2 aromatic rings. The summed E-state index contributed by atoms with van der Waals surface area (Å²) < 4.78 is 0. The first kappa shape index (κ1) is 9.38. The van der Waals surface area contributed by atoms with E-state index in [1.54, 1.807) is 0 Å². The standard InChI is InChI=1S/C13H7ClN2/c14-13-10(7-15)6-9-5-8-3-1-2-4-11(8)12(9)16-13/h1-4,6H,5H2. The first-order valence-corrected chi connectivity index (χ1v) is 5.35. The largest absolute Gasteiger partial charge is 0.234 e. The first-order chi connectivity index (χ1) is 7.79. The van der Waals surface area contributed by atoms with E-state index in [1.165, 1.54) is 5.56 Å². The second-order valence-electron chi connectivity index (χ2n) is 3.78. The fourth-order valence-corrected chi connectivity index (χ4v) is 2.27. The fraction of sp³-hybridized carbons (Fsp3) is 0.0769. The third-order valence-electron chi connectivity index (χ3n) is 2.83. The normalized spacial score (nSPS) is 11.8. The zero-order valence-electron chi connectivity index (χ0n) is 8.37. The highest BCUT2D eigenvalue weighted by atomic mass is 35.5.